The maximum Gasteiger partial charge on any atom is 0.258 e. The molecule has 3 rings (SSSR count). The number of nitrogens with zero attached hydrogens (tertiary/aromatic N) is 4. The first kappa shape index (κ1) is 16.7. The molecule has 0 fully saturated rings. The van der Waals surface area contributed by atoms with Crippen LogP contribution in [0, 0.1) is 11.8 Å². The molecular formula is C17H13N5O2S. The fourth-order valence-corrected chi connectivity index (χ4v) is 2.55. The van der Waals surface area contributed by atoms with Crippen LogP contribution in [0.1, 0.15) is 27.9 Å². The number of aromatic nitrogens is 4. The quantitative estimate of drug-likeness (QED) is 0.698. The van der Waals surface area contributed by atoms with Gasteiger partial charge in [0, 0.05) is 35.7 Å². The Bertz CT molecular complexity index is 930. The lowest BCUT2D eigenvalue weighted by Gasteiger charge is -2.11. The molecule has 7 nitrogen and oxygen atoms in total. The van der Waals surface area contributed by atoms with Crippen molar-refractivity contribution in [1.29, 1.82) is 0 Å². The number of thiazole rings is 1. The first-order valence-corrected chi connectivity index (χ1v) is 8.10. The maximum absolute atomic E-state index is 12.2. The van der Waals surface area contributed by atoms with E-state index in [0.29, 0.717) is 22.0 Å². The molecule has 124 valence electrons. The van der Waals surface area contributed by atoms with E-state index in [1.807, 2.05) is 0 Å². The van der Waals surface area contributed by atoms with Gasteiger partial charge in [-0.3, -0.25) is 9.78 Å². The molecule has 0 spiro atoms. The van der Waals surface area contributed by atoms with Crippen molar-refractivity contribution in [2.45, 2.75) is 12.5 Å². The van der Waals surface area contributed by atoms with Gasteiger partial charge in [0.05, 0.1) is 5.56 Å². The smallest absolute Gasteiger partial charge is 0.258 e. The SMILES string of the molecule is CC(O)(C#Cc1cncc(C(=O)Nc2ccncn2)c1)c1nccs1. The predicted molar refractivity (Wildman–Crippen MR) is 92.8 cm³/mol. The number of rotatable bonds is 3. The summed E-state index contributed by atoms with van der Waals surface area (Å²) in [5.41, 5.74) is -0.528. The minimum Gasteiger partial charge on any atom is -0.371 e. The van der Waals surface area contributed by atoms with Crippen LogP contribution in [-0.4, -0.2) is 30.9 Å². The minimum atomic E-state index is -1.37. The highest BCUT2D eigenvalue weighted by Crippen LogP contribution is 2.21. The fraction of sp³-hybridized carbons (Fsp3) is 0.118. The summed E-state index contributed by atoms with van der Waals surface area (Å²) in [6.45, 7) is 1.57. The van der Waals surface area contributed by atoms with Crippen LogP contribution in [0.2, 0.25) is 0 Å². The van der Waals surface area contributed by atoms with Gasteiger partial charge in [0.1, 0.15) is 17.2 Å². The molecule has 0 bridgehead atoms. The van der Waals surface area contributed by atoms with E-state index in [-0.39, 0.29) is 5.91 Å². The van der Waals surface area contributed by atoms with Crippen LogP contribution in [-0.2, 0) is 5.60 Å². The van der Waals surface area contributed by atoms with Gasteiger partial charge >= 0.3 is 0 Å². The molecule has 1 atom stereocenters. The second kappa shape index (κ2) is 7.17. The normalized spacial score (nSPS) is 12.6. The van der Waals surface area contributed by atoms with Crippen molar-refractivity contribution in [2.24, 2.45) is 0 Å². The molecule has 1 amide bonds. The summed E-state index contributed by atoms with van der Waals surface area (Å²) in [6.07, 6.45) is 7.43. The monoisotopic (exact) mass is 351 g/mol. The largest absolute Gasteiger partial charge is 0.371 e. The van der Waals surface area contributed by atoms with Crippen molar-refractivity contribution in [3.63, 3.8) is 0 Å². The number of nitrogens with one attached hydrogen (secondary N) is 1. The highest BCUT2D eigenvalue weighted by atomic mass is 32.1. The third-order valence-electron chi connectivity index (χ3n) is 3.12. The Balaban J connectivity index is 1.78. The number of hydrogen-bond acceptors (Lipinski definition) is 7. The average Bonchev–Trinajstić information content (AvgIpc) is 3.17. The van der Waals surface area contributed by atoms with E-state index >= 15 is 0 Å². The van der Waals surface area contributed by atoms with E-state index in [0.717, 1.165) is 0 Å². The second-order valence-corrected chi connectivity index (χ2v) is 6.07. The summed E-state index contributed by atoms with van der Waals surface area (Å²) < 4.78 is 0. The molecular weight excluding hydrogens is 338 g/mol. The molecule has 25 heavy (non-hydrogen) atoms. The molecule has 0 aliphatic heterocycles. The van der Waals surface area contributed by atoms with E-state index in [1.54, 1.807) is 30.6 Å². The van der Waals surface area contributed by atoms with Crippen molar-refractivity contribution in [2.75, 3.05) is 5.32 Å². The highest BCUT2D eigenvalue weighted by molar-refractivity contribution is 7.09. The summed E-state index contributed by atoms with van der Waals surface area (Å²) in [4.78, 5) is 28.0. The molecule has 0 saturated carbocycles. The van der Waals surface area contributed by atoms with Gasteiger partial charge in [0.15, 0.2) is 5.60 Å². The zero-order chi connectivity index (χ0) is 17.7. The predicted octanol–water partition coefficient (Wildman–Crippen LogP) is 1.84. The molecule has 0 aromatic carbocycles. The highest BCUT2D eigenvalue weighted by Gasteiger charge is 2.22. The maximum atomic E-state index is 12.2. The Morgan fingerprint density at radius 3 is 2.88 bits per heavy atom. The van der Waals surface area contributed by atoms with Crippen molar-refractivity contribution < 1.29 is 9.90 Å². The van der Waals surface area contributed by atoms with Gasteiger partial charge in [-0.1, -0.05) is 11.8 Å². The van der Waals surface area contributed by atoms with Crippen LogP contribution in [0.25, 0.3) is 0 Å². The lowest BCUT2D eigenvalue weighted by atomic mass is 10.1. The number of carbonyl (C=O) groups is 1. The summed E-state index contributed by atoms with van der Waals surface area (Å²) in [7, 11) is 0. The Labute approximate surface area is 147 Å². The first-order chi connectivity index (χ1) is 12.0. The zero-order valence-electron chi connectivity index (χ0n) is 13.2. The van der Waals surface area contributed by atoms with E-state index in [2.05, 4.69) is 37.1 Å². The second-order valence-electron chi connectivity index (χ2n) is 5.17. The molecule has 3 heterocycles. The molecule has 8 heteroatoms. The van der Waals surface area contributed by atoms with Gasteiger partial charge in [-0.15, -0.1) is 11.3 Å². The number of hydrogen-bond donors (Lipinski definition) is 2. The van der Waals surface area contributed by atoms with Crippen molar-refractivity contribution >= 4 is 23.1 Å². The van der Waals surface area contributed by atoms with Crippen LogP contribution in [0.4, 0.5) is 5.82 Å². The molecule has 0 saturated heterocycles. The van der Waals surface area contributed by atoms with Crippen molar-refractivity contribution in [3.05, 3.63) is 64.8 Å². The Hall–Kier alpha value is -3.15. The lowest BCUT2D eigenvalue weighted by Crippen LogP contribution is -2.18. The number of carbonyl (C=O) groups excluding carboxylic acids is 1. The Morgan fingerprint density at radius 2 is 2.16 bits per heavy atom. The number of anilines is 1. The number of pyridine rings is 1. The van der Waals surface area contributed by atoms with Gasteiger partial charge < -0.3 is 10.4 Å². The third kappa shape index (κ3) is 4.23. The van der Waals surface area contributed by atoms with Crippen LogP contribution in [0.3, 0.4) is 0 Å². The van der Waals surface area contributed by atoms with Gasteiger partial charge in [-0.25, -0.2) is 15.0 Å². The molecule has 1 unspecified atom stereocenters. The van der Waals surface area contributed by atoms with Gasteiger partial charge in [0.25, 0.3) is 5.91 Å². The van der Waals surface area contributed by atoms with Gasteiger partial charge in [-0.2, -0.15) is 0 Å². The number of amides is 1. The summed E-state index contributed by atoms with van der Waals surface area (Å²) >= 11 is 1.32. The zero-order valence-corrected chi connectivity index (χ0v) is 14.0. The van der Waals surface area contributed by atoms with Gasteiger partial charge in [-0.05, 0) is 19.1 Å². The Kier molecular flexibility index (Phi) is 4.79. The van der Waals surface area contributed by atoms with Crippen LogP contribution in [0.5, 0.6) is 0 Å². The molecule has 3 aromatic heterocycles. The average molecular weight is 351 g/mol. The number of aliphatic hydroxyl groups is 1. The topological polar surface area (TPSA) is 101 Å². The van der Waals surface area contributed by atoms with E-state index < -0.39 is 5.60 Å². The van der Waals surface area contributed by atoms with Crippen LogP contribution >= 0.6 is 11.3 Å². The third-order valence-corrected chi connectivity index (χ3v) is 4.11. The lowest BCUT2D eigenvalue weighted by molar-refractivity contribution is 0.102. The molecule has 0 aliphatic carbocycles. The van der Waals surface area contributed by atoms with E-state index in [4.69, 9.17) is 0 Å². The Morgan fingerprint density at radius 1 is 1.28 bits per heavy atom. The van der Waals surface area contributed by atoms with E-state index in [9.17, 15) is 9.90 Å². The fourth-order valence-electron chi connectivity index (χ4n) is 1.90. The molecule has 2 N–H and O–H groups in total. The standard InChI is InChI=1S/C17H13N5O2S/c1-17(24,16-20-6-7-25-16)4-2-12-8-13(10-19-9-12)15(23)22-14-3-5-18-11-21-14/h3,5-11,24H,1H3,(H,18,21,22,23). The molecule has 3 aromatic rings. The first-order valence-electron chi connectivity index (χ1n) is 7.22. The van der Waals surface area contributed by atoms with Gasteiger partial charge in [0.2, 0.25) is 0 Å². The van der Waals surface area contributed by atoms with Crippen LogP contribution < -0.4 is 5.32 Å². The summed E-state index contributed by atoms with van der Waals surface area (Å²) in [5.74, 6) is 5.62. The molecule has 0 radical (unpaired) electrons. The van der Waals surface area contributed by atoms with E-state index in [1.165, 1.54) is 36.3 Å². The summed E-state index contributed by atoms with van der Waals surface area (Å²) in [6, 6.07) is 3.18. The van der Waals surface area contributed by atoms with Crippen molar-refractivity contribution in [3.8, 4) is 11.8 Å². The minimum absolute atomic E-state index is 0.333. The summed E-state index contributed by atoms with van der Waals surface area (Å²) in [5, 5.41) is 15.3. The molecule has 0 aliphatic rings. The van der Waals surface area contributed by atoms with Crippen molar-refractivity contribution in [1.82, 2.24) is 19.9 Å². The van der Waals surface area contributed by atoms with Crippen LogP contribution in [0.15, 0.2) is 48.6 Å².